The lowest BCUT2D eigenvalue weighted by atomic mass is 10.1. The lowest BCUT2D eigenvalue weighted by Gasteiger charge is -2.29. The third kappa shape index (κ3) is 4.45. The lowest BCUT2D eigenvalue weighted by Crippen LogP contribution is -2.35. The third-order valence-electron chi connectivity index (χ3n) is 5.56. The Bertz CT molecular complexity index is 1230. The molecule has 4 aromatic rings. The molecule has 0 atom stereocenters. The summed E-state index contributed by atoms with van der Waals surface area (Å²) in [6.07, 6.45) is 6.80. The highest BCUT2D eigenvalue weighted by atomic mass is 16.5. The molecule has 5 rings (SSSR count). The number of anilines is 1. The van der Waals surface area contributed by atoms with Crippen LogP contribution in [0.3, 0.4) is 0 Å². The average Bonchev–Trinajstić information content (AvgIpc) is 3.35. The molecule has 8 heteroatoms. The molecule has 1 aliphatic heterocycles. The van der Waals surface area contributed by atoms with Gasteiger partial charge in [0.2, 0.25) is 0 Å². The molecular weight excluding hydrogens is 406 g/mol. The number of carbonyl (C=O) groups excluding carboxylic acids is 1. The molecule has 0 radical (unpaired) electrons. The maximum absolute atomic E-state index is 12.8. The molecule has 0 unspecified atom stereocenters. The summed E-state index contributed by atoms with van der Waals surface area (Å²) in [5, 5.41) is 3.71. The minimum Gasteiger partial charge on any atom is -0.490 e. The predicted molar refractivity (Wildman–Crippen MR) is 121 cm³/mol. The summed E-state index contributed by atoms with van der Waals surface area (Å²) in [5.41, 5.74) is 1.88. The number of hydrogen-bond acceptors (Lipinski definition) is 7. The molecule has 1 aliphatic rings. The van der Waals surface area contributed by atoms with Crippen LogP contribution in [0, 0.1) is 0 Å². The van der Waals surface area contributed by atoms with Gasteiger partial charge in [0.15, 0.2) is 12.2 Å². The summed E-state index contributed by atoms with van der Waals surface area (Å²) in [5.74, 6) is 1.45. The zero-order valence-electron chi connectivity index (χ0n) is 17.7. The summed E-state index contributed by atoms with van der Waals surface area (Å²) < 4.78 is 11.4. The topological polar surface area (TPSA) is 93.4 Å². The van der Waals surface area contributed by atoms with Gasteiger partial charge in [-0.2, -0.15) is 0 Å². The number of amides is 1. The zero-order valence-corrected chi connectivity index (χ0v) is 17.7. The predicted octanol–water partition coefficient (Wildman–Crippen LogP) is 4.01. The fraction of sp³-hybridized carbons (Fsp3) is 0.250. The molecule has 0 spiro atoms. The first-order chi connectivity index (χ1) is 15.6. The van der Waals surface area contributed by atoms with Crippen LogP contribution in [0.25, 0.3) is 22.4 Å². The normalized spacial score (nSPS) is 15.0. The van der Waals surface area contributed by atoms with Crippen molar-refractivity contribution < 1.29 is 13.9 Å². The van der Waals surface area contributed by atoms with Crippen LogP contribution in [0.4, 0.5) is 5.82 Å². The molecule has 0 saturated carbocycles. The van der Waals surface area contributed by atoms with Gasteiger partial charge in [-0.25, -0.2) is 15.0 Å². The molecule has 32 heavy (non-hydrogen) atoms. The van der Waals surface area contributed by atoms with E-state index in [0.29, 0.717) is 34.1 Å². The fourth-order valence-electron chi connectivity index (χ4n) is 3.76. The van der Waals surface area contributed by atoms with Gasteiger partial charge in [0.25, 0.3) is 5.91 Å². The second-order valence-corrected chi connectivity index (χ2v) is 7.93. The van der Waals surface area contributed by atoms with Crippen molar-refractivity contribution in [2.75, 3.05) is 25.5 Å². The largest absolute Gasteiger partial charge is 0.490 e. The van der Waals surface area contributed by atoms with Crippen molar-refractivity contribution in [2.24, 2.45) is 0 Å². The average molecular weight is 429 g/mol. The van der Waals surface area contributed by atoms with Crippen LogP contribution in [-0.4, -0.2) is 52.0 Å². The Morgan fingerprint density at radius 1 is 1.16 bits per heavy atom. The van der Waals surface area contributed by atoms with E-state index in [1.807, 2.05) is 24.3 Å². The Hall–Kier alpha value is -3.78. The number of aromatic nitrogens is 3. The van der Waals surface area contributed by atoms with E-state index >= 15 is 0 Å². The van der Waals surface area contributed by atoms with E-state index in [1.54, 1.807) is 30.6 Å². The van der Waals surface area contributed by atoms with Crippen LogP contribution in [0.2, 0.25) is 0 Å². The van der Waals surface area contributed by atoms with E-state index in [9.17, 15) is 4.79 Å². The van der Waals surface area contributed by atoms with Gasteiger partial charge in [0.05, 0.1) is 11.7 Å². The van der Waals surface area contributed by atoms with Crippen LogP contribution in [0.15, 0.2) is 65.7 Å². The van der Waals surface area contributed by atoms with Gasteiger partial charge >= 0.3 is 0 Å². The van der Waals surface area contributed by atoms with Crippen LogP contribution < -0.4 is 10.1 Å². The number of nitrogens with zero attached hydrogens (tertiary/aromatic N) is 4. The van der Waals surface area contributed by atoms with Gasteiger partial charge in [-0.3, -0.25) is 4.79 Å². The van der Waals surface area contributed by atoms with E-state index in [0.717, 1.165) is 31.3 Å². The molecule has 1 amide bonds. The minimum atomic E-state index is -0.253. The number of ether oxygens (including phenoxy) is 1. The van der Waals surface area contributed by atoms with Crippen LogP contribution in [0.5, 0.6) is 5.75 Å². The molecule has 162 valence electrons. The Morgan fingerprint density at radius 3 is 2.84 bits per heavy atom. The van der Waals surface area contributed by atoms with Crippen LogP contribution in [-0.2, 0) is 0 Å². The Balaban J connectivity index is 1.31. The van der Waals surface area contributed by atoms with Gasteiger partial charge in [-0.1, -0.05) is 6.07 Å². The number of rotatable bonds is 5. The molecule has 1 aromatic carbocycles. The summed E-state index contributed by atoms with van der Waals surface area (Å²) in [7, 11) is 2.12. The maximum Gasteiger partial charge on any atom is 0.256 e. The minimum absolute atomic E-state index is 0.177. The van der Waals surface area contributed by atoms with Gasteiger partial charge in [0, 0.05) is 36.3 Å². The summed E-state index contributed by atoms with van der Waals surface area (Å²) >= 11 is 0. The highest BCUT2D eigenvalue weighted by Gasteiger charge is 2.18. The monoisotopic (exact) mass is 429 g/mol. The van der Waals surface area contributed by atoms with E-state index in [-0.39, 0.29) is 12.0 Å². The number of oxazole rings is 1. The van der Waals surface area contributed by atoms with Gasteiger partial charge in [-0.15, -0.1) is 0 Å². The second kappa shape index (κ2) is 8.76. The summed E-state index contributed by atoms with van der Waals surface area (Å²) in [6.45, 7) is 2.04. The fourth-order valence-corrected chi connectivity index (χ4v) is 3.76. The SMILES string of the molecule is CN1CCC(Oc2cccc(C(=O)Nc3cc4nc(-c5cnco5)ccc4cn3)c2)CC1. The second-order valence-electron chi connectivity index (χ2n) is 7.93. The summed E-state index contributed by atoms with van der Waals surface area (Å²) in [6, 6.07) is 12.7. The Morgan fingerprint density at radius 2 is 2.03 bits per heavy atom. The number of pyridine rings is 2. The number of carbonyl (C=O) groups is 1. The smallest absolute Gasteiger partial charge is 0.256 e. The maximum atomic E-state index is 12.8. The van der Waals surface area contributed by atoms with Crippen molar-refractivity contribution in [3.63, 3.8) is 0 Å². The van der Waals surface area contributed by atoms with Crippen molar-refractivity contribution in [3.05, 3.63) is 66.8 Å². The first-order valence-electron chi connectivity index (χ1n) is 10.6. The quantitative estimate of drug-likeness (QED) is 0.512. The highest BCUT2D eigenvalue weighted by molar-refractivity contribution is 6.04. The van der Waals surface area contributed by atoms with Crippen molar-refractivity contribution in [1.82, 2.24) is 19.9 Å². The molecule has 0 aliphatic carbocycles. The number of nitrogens with one attached hydrogen (secondary N) is 1. The van der Waals surface area contributed by atoms with Crippen molar-refractivity contribution in [2.45, 2.75) is 18.9 Å². The van der Waals surface area contributed by atoms with Crippen molar-refractivity contribution >= 4 is 22.6 Å². The van der Waals surface area contributed by atoms with E-state index in [2.05, 4.69) is 32.2 Å². The molecule has 8 nitrogen and oxygen atoms in total. The van der Waals surface area contributed by atoms with Crippen LogP contribution in [0.1, 0.15) is 23.2 Å². The van der Waals surface area contributed by atoms with E-state index < -0.39 is 0 Å². The van der Waals surface area contributed by atoms with E-state index in [1.165, 1.54) is 6.39 Å². The molecule has 1 saturated heterocycles. The molecular formula is C24H23N5O3. The molecule has 1 N–H and O–H groups in total. The van der Waals surface area contributed by atoms with Gasteiger partial charge in [0.1, 0.15) is 23.4 Å². The van der Waals surface area contributed by atoms with Gasteiger partial charge in [-0.05, 0) is 50.2 Å². The van der Waals surface area contributed by atoms with Crippen molar-refractivity contribution in [3.8, 4) is 17.2 Å². The lowest BCUT2D eigenvalue weighted by molar-refractivity contribution is 0.102. The zero-order chi connectivity index (χ0) is 21.9. The van der Waals surface area contributed by atoms with Crippen LogP contribution >= 0.6 is 0 Å². The first kappa shape index (κ1) is 20.1. The first-order valence-corrected chi connectivity index (χ1v) is 10.6. The van der Waals surface area contributed by atoms with E-state index in [4.69, 9.17) is 9.15 Å². The number of benzene rings is 1. The number of likely N-dealkylation sites (tertiary alicyclic amines) is 1. The Labute approximate surface area is 185 Å². The molecule has 3 aromatic heterocycles. The van der Waals surface area contributed by atoms with Gasteiger partial charge < -0.3 is 19.4 Å². The molecule has 1 fully saturated rings. The Kier molecular flexibility index (Phi) is 5.51. The summed E-state index contributed by atoms with van der Waals surface area (Å²) in [4.78, 5) is 28.0. The number of piperidine rings is 1. The number of fused-ring (bicyclic) bond motifs is 1. The molecule has 0 bridgehead atoms. The highest BCUT2D eigenvalue weighted by Crippen LogP contribution is 2.23. The number of hydrogen-bond donors (Lipinski definition) is 1. The standard InChI is InChI=1S/C24H23N5O3/c1-29-9-7-18(8-10-29)32-19-4-2-3-16(11-19)24(30)28-23-12-21-17(13-26-23)5-6-20(27-21)22-14-25-15-31-22/h2-6,11-15,18H,7-10H2,1H3,(H,26,28,30). The molecule has 4 heterocycles. The van der Waals surface area contributed by atoms with Crippen molar-refractivity contribution in [1.29, 1.82) is 0 Å². The third-order valence-corrected chi connectivity index (χ3v) is 5.56.